The van der Waals surface area contributed by atoms with Crippen molar-refractivity contribution in [1.29, 1.82) is 0 Å². The molecule has 2 aliphatic rings. The van der Waals surface area contributed by atoms with Gasteiger partial charge < -0.3 is 5.73 Å². The lowest BCUT2D eigenvalue weighted by molar-refractivity contribution is 0.454. The number of hydrogen-bond donors (Lipinski definition) is 1. The largest absolute Gasteiger partial charge is 0.322 e. The van der Waals surface area contributed by atoms with Crippen molar-refractivity contribution in [2.24, 2.45) is 23.5 Å². The molecular weight excluding hydrogens is 246 g/mol. The Bertz CT molecular complexity index is 428. The first-order valence-corrected chi connectivity index (χ1v) is 7.47. The van der Waals surface area contributed by atoms with Crippen molar-refractivity contribution in [2.45, 2.75) is 51.6 Å². The van der Waals surface area contributed by atoms with E-state index in [-0.39, 0.29) is 6.04 Å². The molecule has 2 aliphatic carbocycles. The topological polar surface area (TPSA) is 43.8 Å². The van der Waals surface area contributed by atoms with E-state index in [9.17, 15) is 0 Å². The Kier molecular flexibility index (Phi) is 3.15. The third-order valence-electron chi connectivity index (χ3n) is 4.73. The van der Waals surface area contributed by atoms with Gasteiger partial charge >= 0.3 is 0 Å². The van der Waals surface area contributed by atoms with Gasteiger partial charge in [-0.3, -0.25) is 4.68 Å². The van der Waals surface area contributed by atoms with Crippen LogP contribution in [-0.2, 0) is 0 Å². The molecule has 3 unspecified atom stereocenters. The van der Waals surface area contributed by atoms with E-state index in [2.05, 4.69) is 18.9 Å². The standard InChI is InChI=1S/C14H22ClN3/c1-8(2)18-14(11(15)7-17-18)13(16)12-9-5-3-4-6-10(9)12/h7-10,12-13H,3-6,16H2,1-2H3. The minimum atomic E-state index is 0.0653. The number of aromatic nitrogens is 2. The summed E-state index contributed by atoms with van der Waals surface area (Å²) in [5.41, 5.74) is 7.55. The second-order valence-corrected chi connectivity index (χ2v) is 6.54. The van der Waals surface area contributed by atoms with Gasteiger partial charge in [0.15, 0.2) is 0 Å². The average molecular weight is 268 g/mol. The van der Waals surface area contributed by atoms with Crippen LogP contribution >= 0.6 is 11.6 Å². The lowest BCUT2D eigenvalue weighted by atomic mass is 10.0. The van der Waals surface area contributed by atoms with Crippen LogP contribution in [0.2, 0.25) is 5.02 Å². The Morgan fingerprint density at radius 1 is 1.33 bits per heavy atom. The Balaban J connectivity index is 1.84. The Morgan fingerprint density at radius 3 is 2.50 bits per heavy atom. The van der Waals surface area contributed by atoms with Crippen LogP contribution in [0.25, 0.3) is 0 Å². The minimum absolute atomic E-state index is 0.0653. The molecule has 1 heterocycles. The zero-order valence-corrected chi connectivity index (χ0v) is 11.9. The maximum Gasteiger partial charge on any atom is 0.0834 e. The molecular formula is C14H22ClN3. The van der Waals surface area contributed by atoms with E-state index >= 15 is 0 Å². The SMILES string of the molecule is CC(C)n1ncc(Cl)c1C(N)C1C2CCCCC21. The summed E-state index contributed by atoms with van der Waals surface area (Å²) in [6.45, 7) is 4.25. The highest BCUT2D eigenvalue weighted by atomic mass is 35.5. The molecule has 0 bridgehead atoms. The maximum atomic E-state index is 6.50. The van der Waals surface area contributed by atoms with Gasteiger partial charge in [-0.25, -0.2) is 0 Å². The maximum absolute atomic E-state index is 6.50. The first-order chi connectivity index (χ1) is 8.61. The lowest BCUT2D eigenvalue weighted by Crippen LogP contribution is -2.21. The molecule has 3 atom stereocenters. The van der Waals surface area contributed by atoms with Gasteiger partial charge in [-0.2, -0.15) is 5.10 Å². The summed E-state index contributed by atoms with van der Waals surface area (Å²) in [6, 6.07) is 0.384. The number of nitrogens with zero attached hydrogens (tertiary/aromatic N) is 2. The molecule has 3 rings (SSSR count). The van der Waals surface area contributed by atoms with Crippen molar-refractivity contribution in [1.82, 2.24) is 9.78 Å². The van der Waals surface area contributed by atoms with Gasteiger partial charge in [0.25, 0.3) is 0 Å². The zero-order chi connectivity index (χ0) is 12.9. The molecule has 2 N–H and O–H groups in total. The number of rotatable bonds is 3. The van der Waals surface area contributed by atoms with Crippen molar-refractivity contribution < 1.29 is 0 Å². The number of nitrogens with two attached hydrogens (primary N) is 1. The van der Waals surface area contributed by atoms with E-state index in [1.807, 2.05) is 4.68 Å². The molecule has 2 saturated carbocycles. The van der Waals surface area contributed by atoms with Crippen LogP contribution in [0.3, 0.4) is 0 Å². The van der Waals surface area contributed by atoms with Crippen molar-refractivity contribution in [3.63, 3.8) is 0 Å². The third-order valence-corrected chi connectivity index (χ3v) is 5.02. The molecule has 0 aliphatic heterocycles. The van der Waals surface area contributed by atoms with E-state index in [1.54, 1.807) is 6.20 Å². The quantitative estimate of drug-likeness (QED) is 0.910. The van der Waals surface area contributed by atoms with Crippen molar-refractivity contribution in [3.05, 3.63) is 16.9 Å². The highest BCUT2D eigenvalue weighted by molar-refractivity contribution is 6.31. The molecule has 2 fully saturated rings. The van der Waals surface area contributed by atoms with Crippen LogP contribution in [-0.4, -0.2) is 9.78 Å². The van der Waals surface area contributed by atoms with Crippen LogP contribution in [0, 0.1) is 17.8 Å². The van der Waals surface area contributed by atoms with E-state index < -0.39 is 0 Å². The first kappa shape index (κ1) is 12.5. The molecule has 18 heavy (non-hydrogen) atoms. The van der Waals surface area contributed by atoms with E-state index in [4.69, 9.17) is 17.3 Å². The van der Waals surface area contributed by atoms with Crippen molar-refractivity contribution in [2.75, 3.05) is 0 Å². The molecule has 0 radical (unpaired) electrons. The summed E-state index contributed by atoms with van der Waals surface area (Å²) in [6.07, 6.45) is 7.21. The van der Waals surface area contributed by atoms with Gasteiger partial charge in [0.1, 0.15) is 0 Å². The van der Waals surface area contributed by atoms with Crippen molar-refractivity contribution in [3.8, 4) is 0 Å². The van der Waals surface area contributed by atoms with E-state index in [1.165, 1.54) is 25.7 Å². The van der Waals surface area contributed by atoms with E-state index in [0.717, 1.165) is 22.6 Å². The van der Waals surface area contributed by atoms with Gasteiger partial charge in [0.05, 0.1) is 23.0 Å². The van der Waals surface area contributed by atoms with Crippen LogP contribution in [0.5, 0.6) is 0 Å². The van der Waals surface area contributed by atoms with Gasteiger partial charge in [-0.1, -0.05) is 24.4 Å². The fourth-order valence-corrected chi connectivity index (χ4v) is 4.09. The predicted molar refractivity (Wildman–Crippen MR) is 73.5 cm³/mol. The van der Waals surface area contributed by atoms with Gasteiger partial charge in [0.2, 0.25) is 0 Å². The lowest BCUT2D eigenvalue weighted by Gasteiger charge is -2.17. The Labute approximate surface area is 114 Å². The molecule has 1 aromatic rings. The smallest absolute Gasteiger partial charge is 0.0834 e. The van der Waals surface area contributed by atoms with Gasteiger partial charge in [-0.05, 0) is 44.4 Å². The second-order valence-electron chi connectivity index (χ2n) is 6.13. The fourth-order valence-electron chi connectivity index (χ4n) is 3.84. The Hall–Kier alpha value is -0.540. The monoisotopic (exact) mass is 267 g/mol. The molecule has 100 valence electrons. The van der Waals surface area contributed by atoms with Crippen LogP contribution in [0.15, 0.2) is 6.20 Å². The summed E-state index contributed by atoms with van der Waals surface area (Å²) < 4.78 is 2.00. The van der Waals surface area contributed by atoms with Gasteiger partial charge in [0, 0.05) is 6.04 Å². The first-order valence-electron chi connectivity index (χ1n) is 7.09. The fraction of sp³-hybridized carbons (Fsp3) is 0.786. The highest BCUT2D eigenvalue weighted by Gasteiger charge is 2.54. The highest BCUT2D eigenvalue weighted by Crippen LogP contribution is 2.60. The molecule has 0 aromatic carbocycles. The Morgan fingerprint density at radius 2 is 1.94 bits per heavy atom. The summed E-state index contributed by atoms with van der Waals surface area (Å²) in [7, 11) is 0. The zero-order valence-electron chi connectivity index (χ0n) is 11.1. The third kappa shape index (κ3) is 1.88. The number of halogens is 1. The molecule has 0 spiro atoms. The molecule has 1 aromatic heterocycles. The number of fused-ring (bicyclic) bond motifs is 1. The van der Waals surface area contributed by atoms with Crippen molar-refractivity contribution >= 4 is 11.6 Å². The van der Waals surface area contributed by atoms with Crippen LogP contribution < -0.4 is 5.73 Å². The second kappa shape index (κ2) is 4.53. The normalized spacial score (nSPS) is 32.4. The summed E-state index contributed by atoms with van der Waals surface area (Å²) in [5.74, 6) is 2.33. The van der Waals surface area contributed by atoms with E-state index in [0.29, 0.717) is 12.0 Å². The van der Waals surface area contributed by atoms with Crippen LogP contribution in [0.4, 0.5) is 0 Å². The molecule has 0 saturated heterocycles. The molecule has 3 nitrogen and oxygen atoms in total. The van der Waals surface area contributed by atoms with Gasteiger partial charge in [-0.15, -0.1) is 0 Å². The minimum Gasteiger partial charge on any atom is -0.322 e. The average Bonchev–Trinajstić information content (AvgIpc) is 2.95. The summed E-state index contributed by atoms with van der Waals surface area (Å²) in [5, 5.41) is 5.10. The van der Waals surface area contributed by atoms with Crippen LogP contribution in [0.1, 0.15) is 57.3 Å². The number of hydrogen-bond acceptors (Lipinski definition) is 2. The molecule has 4 heteroatoms. The predicted octanol–water partition coefficient (Wildman–Crippen LogP) is 3.55. The summed E-state index contributed by atoms with van der Waals surface area (Å²) >= 11 is 6.29. The summed E-state index contributed by atoms with van der Waals surface area (Å²) in [4.78, 5) is 0. The molecule has 0 amide bonds.